The van der Waals surface area contributed by atoms with Crippen LogP contribution in [0.1, 0.15) is 22.0 Å². The number of hydrogen-bond acceptors (Lipinski definition) is 3. The molecule has 1 aromatic carbocycles. The molecule has 0 fully saturated rings. The lowest BCUT2D eigenvalue weighted by atomic mass is 10.0. The van der Waals surface area contributed by atoms with Gasteiger partial charge in [-0.15, -0.1) is 11.8 Å². The predicted octanol–water partition coefficient (Wildman–Crippen LogP) is 1.95. The van der Waals surface area contributed by atoms with E-state index in [1.165, 1.54) is 0 Å². The van der Waals surface area contributed by atoms with Crippen LogP contribution in [0.4, 0.5) is 5.69 Å². The van der Waals surface area contributed by atoms with Gasteiger partial charge in [-0.3, -0.25) is 9.59 Å². The molecular formula is C15H15N3O2S. The first kappa shape index (κ1) is 13.8. The first-order chi connectivity index (χ1) is 10.1. The lowest BCUT2D eigenvalue weighted by Gasteiger charge is -2.10. The topological polar surface area (TPSA) is 77.1 Å². The van der Waals surface area contributed by atoms with Gasteiger partial charge in [0.15, 0.2) is 0 Å². The molecule has 0 spiro atoms. The standard InChI is InChI=1S/C15H15N3O2S/c1-18-7-9(6-12(18)14(16)19)17-15(20)11-8-21-13-5-3-2-4-10(11)13/h2-7,11H,8H2,1H3,(H2,16,19)(H,17,20). The van der Waals surface area contributed by atoms with Gasteiger partial charge in [0.2, 0.25) is 5.91 Å². The fraction of sp³-hybridized carbons (Fsp3) is 0.200. The van der Waals surface area contributed by atoms with Crippen molar-refractivity contribution in [3.63, 3.8) is 0 Å². The Hall–Kier alpha value is -2.21. The Balaban J connectivity index is 1.79. The molecule has 3 rings (SSSR count). The van der Waals surface area contributed by atoms with E-state index < -0.39 is 5.91 Å². The molecule has 0 radical (unpaired) electrons. The third-order valence-electron chi connectivity index (χ3n) is 3.54. The Morgan fingerprint density at radius 3 is 2.86 bits per heavy atom. The maximum atomic E-state index is 12.4. The smallest absolute Gasteiger partial charge is 0.265 e. The Morgan fingerprint density at radius 1 is 1.38 bits per heavy atom. The summed E-state index contributed by atoms with van der Waals surface area (Å²) in [5.41, 5.74) is 7.29. The van der Waals surface area contributed by atoms with Crippen LogP contribution in [0, 0.1) is 0 Å². The summed E-state index contributed by atoms with van der Waals surface area (Å²) >= 11 is 1.69. The summed E-state index contributed by atoms with van der Waals surface area (Å²) < 4.78 is 1.61. The lowest BCUT2D eigenvalue weighted by molar-refractivity contribution is -0.117. The summed E-state index contributed by atoms with van der Waals surface area (Å²) in [6.07, 6.45) is 1.69. The second-order valence-corrected chi connectivity index (χ2v) is 6.04. The quantitative estimate of drug-likeness (QED) is 0.909. The number of anilines is 1. The van der Waals surface area contributed by atoms with Gasteiger partial charge in [-0.05, 0) is 17.7 Å². The molecular weight excluding hydrogens is 286 g/mol. The van der Waals surface area contributed by atoms with E-state index in [1.807, 2.05) is 24.3 Å². The fourth-order valence-electron chi connectivity index (χ4n) is 2.49. The highest BCUT2D eigenvalue weighted by molar-refractivity contribution is 7.99. The van der Waals surface area contributed by atoms with Crippen molar-refractivity contribution >= 4 is 29.3 Å². The molecule has 0 saturated heterocycles. The number of carbonyl (C=O) groups is 2. The lowest BCUT2D eigenvalue weighted by Crippen LogP contribution is -2.20. The van der Waals surface area contributed by atoms with Crippen LogP contribution in [-0.2, 0) is 11.8 Å². The Labute approximate surface area is 126 Å². The van der Waals surface area contributed by atoms with E-state index in [-0.39, 0.29) is 11.8 Å². The van der Waals surface area contributed by atoms with E-state index in [0.29, 0.717) is 11.4 Å². The molecule has 5 nitrogen and oxygen atoms in total. The van der Waals surface area contributed by atoms with E-state index in [2.05, 4.69) is 5.32 Å². The number of carbonyl (C=O) groups excluding carboxylic acids is 2. The van der Waals surface area contributed by atoms with Crippen LogP contribution in [0.5, 0.6) is 0 Å². The van der Waals surface area contributed by atoms with Crippen molar-refractivity contribution in [2.45, 2.75) is 10.8 Å². The minimum absolute atomic E-state index is 0.0610. The van der Waals surface area contributed by atoms with Gasteiger partial charge in [0.05, 0.1) is 11.6 Å². The summed E-state index contributed by atoms with van der Waals surface area (Å²) in [4.78, 5) is 24.8. The van der Waals surface area contributed by atoms with Gasteiger partial charge in [0, 0.05) is 23.9 Å². The second kappa shape index (κ2) is 5.29. The monoisotopic (exact) mass is 301 g/mol. The number of primary amides is 1. The average molecular weight is 301 g/mol. The third-order valence-corrected chi connectivity index (χ3v) is 4.72. The number of thioether (sulfide) groups is 1. The number of aryl methyl sites for hydroxylation is 1. The number of hydrogen-bond donors (Lipinski definition) is 2. The SMILES string of the molecule is Cn1cc(NC(=O)C2CSc3ccccc32)cc1C(N)=O. The molecule has 0 bridgehead atoms. The molecule has 1 aliphatic rings. The minimum atomic E-state index is -0.514. The van der Waals surface area contributed by atoms with Gasteiger partial charge < -0.3 is 15.6 Å². The number of benzene rings is 1. The van der Waals surface area contributed by atoms with Crippen LogP contribution in [0.25, 0.3) is 0 Å². The van der Waals surface area contributed by atoms with Gasteiger partial charge in [-0.25, -0.2) is 0 Å². The molecule has 2 aromatic rings. The van der Waals surface area contributed by atoms with Crippen LogP contribution in [0.15, 0.2) is 41.4 Å². The van der Waals surface area contributed by atoms with E-state index in [0.717, 1.165) is 16.2 Å². The van der Waals surface area contributed by atoms with Gasteiger partial charge >= 0.3 is 0 Å². The maximum absolute atomic E-state index is 12.4. The zero-order valence-electron chi connectivity index (χ0n) is 11.5. The summed E-state index contributed by atoms with van der Waals surface area (Å²) in [6.45, 7) is 0. The molecule has 1 atom stereocenters. The maximum Gasteiger partial charge on any atom is 0.265 e. The van der Waals surface area contributed by atoms with Crippen molar-refractivity contribution in [2.24, 2.45) is 12.8 Å². The van der Waals surface area contributed by atoms with Crippen LogP contribution >= 0.6 is 11.8 Å². The van der Waals surface area contributed by atoms with Crippen LogP contribution in [-0.4, -0.2) is 22.1 Å². The zero-order valence-corrected chi connectivity index (χ0v) is 12.3. The van der Waals surface area contributed by atoms with Crippen molar-refractivity contribution in [1.29, 1.82) is 0 Å². The molecule has 108 valence electrons. The Bertz CT molecular complexity index is 723. The normalized spacial score (nSPS) is 16.5. The molecule has 0 saturated carbocycles. The van der Waals surface area contributed by atoms with Crippen LogP contribution in [0.2, 0.25) is 0 Å². The van der Waals surface area contributed by atoms with E-state index >= 15 is 0 Å². The second-order valence-electron chi connectivity index (χ2n) is 4.98. The summed E-state index contributed by atoms with van der Waals surface area (Å²) in [6, 6.07) is 9.52. The molecule has 2 amide bonds. The molecule has 3 N–H and O–H groups in total. The highest BCUT2D eigenvalue weighted by atomic mass is 32.2. The molecule has 1 unspecified atom stereocenters. The van der Waals surface area contributed by atoms with Crippen molar-refractivity contribution < 1.29 is 9.59 Å². The average Bonchev–Trinajstić information content (AvgIpc) is 3.02. The van der Waals surface area contributed by atoms with E-state index in [4.69, 9.17) is 5.73 Å². The Morgan fingerprint density at radius 2 is 2.14 bits per heavy atom. The summed E-state index contributed by atoms with van der Waals surface area (Å²) in [5, 5.41) is 2.86. The van der Waals surface area contributed by atoms with Gasteiger partial charge in [0.1, 0.15) is 5.69 Å². The molecule has 0 aliphatic carbocycles. The van der Waals surface area contributed by atoms with Crippen LogP contribution in [0.3, 0.4) is 0 Å². The highest BCUT2D eigenvalue weighted by Crippen LogP contribution is 2.39. The van der Waals surface area contributed by atoms with Crippen molar-refractivity contribution in [2.75, 3.05) is 11.1 Å². The number of rotatable bonds is 3. The van der Waals surface area contributed by atoms with Crippen LogP contribution < -0.4 is 11.1 Å². The molecule has 1 aromatic heterocycles. The Kier molecular flexibility index (Phi) is 3.47. The first-order valence-electron chi connectivity index (χ1n) is 6.55. The highest BCUT2D eigenvalue weighted by Gasteiger charge is 2.29. The minimum Gasteiger partial charge on any atom is -0.364 e. The summed E-state index contributed by atoms with van der Waals surface area (Å²) in [5.74, 6) is -0.00184. The van der Waals surface area contributed by atoms with Gasteiger partial charge in [-0.2, -0.15) is 0 Å². The number of aromatic nitrogens is 1. The molecule has 2 heterocycles. The van der Waals surface area contributed by atoms with Gasteiger partial charge in [0.25, 0.3) is 5.91 Å². The third kappa shape index (κ3) is 2.54. The number of nitrogens with two attached hydrogens (primary N) is 1. The molecule has 21 heavy (non-hydrogen) atoms. The van der Waals surface area contributed by atoms with Crippen molar-refractivity contribution in [3.8, 4) is 0 Å². The van der Waals surface area contributed by atoms with Gasteiger partial charge in [-0.1, -0.05) is 18.2 Å². The fourth-order valence-corrected chi connectivity index (χ4v) is 3.72. The van der Waals surface area contributed by atoms with Crippen molar-refractivity contribution in [1.82, 2.24) is 4.57 Å². The first-order valence-corrected chi connectivity index (χ1v) is 7.53. The number of nitrogens with one attached hydrogen (secondary N) is 1. The molecule has 1 aliphatic heterocycles. The van der Waals surface area contributed by atoms with Crippen molar-refractivity contribution in [3.05, 3.63) is 47.8 Å². The number of amides is 2. The number of nitrogens with zero attached hydrogens (tertiary/aromatic N) is 1. The predicted molar refractivity (Wildman–Crippen MR) is 82.5 cm³/mol. The molecule has 6 heteroatoms. The zero-order chi connectivity index (χ0) is 15.0. The number of fused-ring (bicyclic) bond motifs is 1. The van der Waals surface area contributed by atoms with E-state index in [9.17, 15) is 9.59 Å². The van der Waals surface area contributed by atoms with E-state index in [1.54, 1.807) is 35.6 Å². The summed E-state index contributed by atoms with van der Waals surface area (Å²) in [7, 11) is 1.72. The largest absolute Gasteiger partial charge is 0.364 e.